The van der Waals surface area contributed by atoms with Crippen molar-refractivity contribution in [1.29, 1.82) is 0 Å². The summed E-state index contributed by atoms with van der Waals surface area (Å²) in [6.07, 6.45) is 3.05. The highest BCUT2D eigenvalue weighted by molar-refractivity contribution is 7.89. The maximum Gasteiger partial charge on any atom is 0.231 e. The molecule has 0 spiro atoms. The average molecular weight is 271 g/mol. The highest BCUT2D eigenvalue weighted by Crippen LogP contribution is 2.39. The molecule has 2 heterocycles. The quantitative estimate of drug-likeness (QED) is 0.819. The summed E-state index contributed by atoms with van der Waals surface area (Å²) in [4.78, 5) is 4.40. The fourth-order valence-electron chi connectivity index (χ4n) is 2.29. The van der Waals surface area contributed by atoms with Crippen molar-refractivity contribution in [1.82, 2.24) is 14.4 Å². The minimum absolute atomic E-state index is 0.0614. The largest absolute Gasteiger partial charge is 0.339 e. The van der Waals surface area contributed by atoms with Gasteiger partial charge in [-0.15, -0.1) is 0 Å². The highest BCUT2D eigenvalue weighted by Gasteiger charge is 2.35. The van der Waals surface area contributed by atoms with Gasteiger partial charge in [0.05, 0.1) is 11.7 Å². The lowest BCUT2D eigenvalue weighted by Crippen LogP contribution is -2.29. The Kier molecular flexibility index (Phi) is 2.90. The Bertz CT molecular complexity index is 535. The topological polar surface area (TPSA) is 76.3 Å². The third kappa shape index (κ3) is 2.16. The normalized spacial score (nSPS) is 25.7. The lowest BCUT2D eigenvalue weighted by molar-refractivity contribution is 0.350. The van der Waals surface area contributed by atoms with Gasteiger partial charge in [-0.05, 0) is 26.2 Å². The van der Waals surface area contributed by atoms with Crippen molar-refractivity contribution in [3.63, 3.8) is 0 Å². The number of sulfonamides is 1. The maximum absolute atomic E-state index is 11.8. The first kappa shape index (κ1) is 12.1. The van der Waals surface area contributed by atoms with Crippen molar-refractivity contribution < 1.29 is 12.9 Å². The zero-order chi connectivity index (χ0) is 12.8. The zero-order valence-corrected chi connectivity index (χ0v) is 11.2. The number of nitrogens with zero attached hydrogens (tertiary/aromatic N) is 3. The fourth-order valence-corrected chi connectivity index (χ4v) is 3.44. The van der Waals surface area contributed by atoms with Gasteiger partial charge in [-0.25, -0.2) is 12.7 Å². The van der Waals surface area contributed by atoms with Gasteiger partial charge in [0.25, 0.3) is 0 Å². The molecule has 0 N–H and O–H groups in total. The van der Waals surface area contributed by atoms with E-state index in [9.17, 15) is 8.42 Å². The summed E-state index contributed by atoms with van der Waals surface area (Å²) >= 11 is 0. The molecule has 2 aliphatic rings. The summed E-state index contributed by atoms with van der Waals surface area (Å²) < 4.78 is 30.3. The predicted octanol–water partition coefficient (Wildman–Crippen LogP) is 1.09. The summed E-state index contributed by atoms with van der Waals surface area (Å²) in [5.74, 6) is 2.08. The minimum atomic E-state index is -3.09. The second-order valence-corrected chi connectivity index (χ2v) is 7.27. The standard InChI is InChI=1S/C11H17N3O3S/c1-2-18(15,16)14-6-5-9(7-14)11-12-10(13-17-11)8-3-4-8/h8-9H,2-7H2,1H3. The predicted molar refractivity (Wildman–Crippen MR) is 64.7 cm³/mol. The molecule has 0 amide bonds. The molecule has 7 heteroatoms. The van der Waals surface area contributed by atoms with Gasteiger partial charge in [-0.2, -0.15) is 4.98 Å². The molecule has 18 heavy (non-hydrogen) atoms. The van der Waals surface area contributed by atoms with E-state index in [4.69, 9.17) is 4.52 Å². The summed E-state index contributed by atoms with van der Waals surface area (Å²) in [5, 5.41) is 3.98. The molecule has 0 bridgehead atoms. The molecule has 0 radical (unpaired) electrons. The summed E-state index contributed by atoms with van der Waals surface area (Å²) in [6, 6.07) is 0. The number of aromatic nitrogens is 2. The Morgan fingerprint density at radius 1 is 1.33 bits per heavy atom. The van der Waals surface area contributed by atoms with Crippen LogP contribution < -0.4 is 0 Å². The van der Waals surface area contributed by atoms with Gasteiger partial charge in [0, 0.05) is 19.0 Å². The van der Waals surface area contributed by atoms with Crippen LogP contribution in [0.1, 0.15) is 49.7 Å². The monoisotopic (exact) mass is 271 g/mol. The van der Waals surface area contributed by atoms with E-state index in [-0.39, 0.29) is 11.7 Å². The molecule has 1 unspecified atom stereocenters. The van der Waals surface area contributed by atoms with Gasteiger partial charge in [0.2, 0.25) is 15.9 Å². The van der Waals surface area contributed by atoms with Gasteiger partial charge in [-0.1, -0.05) is 5.16 Å². The molecule has 1 saturated carbocycles. The van der Waals surface area contributed by atoms with Crippen LogP contribution in [0.2, 0.25) is 0 Å². The molecule has 1 atom stereocenters. The summed E-state index contributed by atoms with van der Waals surface area (Å²) in [7, 11) is -3.09. The lowest BCUT2D eigenvalue weighted by atomic mass is 10.1. The van der Waals surface area contributed by atoms with Crippen LogP contribution in [0.15, 0.2) is 4.52 Å². The molecule has 1 saturated heterocycles. The van der Waals surface area contributed by atoms with Gasteiger partial charge in [0.15, 0.2) is 5.82 Å². The minimum Gasteiger partial charge on any atom is -0.339 e. The van der Waals surface area contributed by atoms with Crippen LogP contribution in [0.3, 0.4) is 0 Å². The van der Waals surface area contributed by atoms with Crippen LogP contribution in [0.5, 0.6) is 0 Å². The van der Waals surface area contributed by atoms with E-state index >= 15 is 0 Å². The van der Waals surface area contributed by atoms with Crippen LogP contribution in [0.25, 0.3) is 0 Å². The van der Waals surface area contributed by atoms with Crippen molar-refractivity contribution in [2.75, 3.05) is 18.8 Å². The Balaban J connectivity index is 1.71. The van der Waals surface area contributed by atoms with Crippen LogP contribution >= 0.6 is 0 Å². The fraction of sp³-hybridized carbons (Fsp3) is 0.818. The number of hydrogen-bond acceptors (Lipinski definition) is 5. The van der Waals surface area contributed by atoms with Gasteiger partial charge >= 0.3 is 0 Å². The molecular weight excluding hydrogens is 254 g/mol. The van der Waals surface area contributed by atoms with Crippen molar-refractivity contribution in [2.45, 2.75) is 38.0 Å². The molecule has 2 fully saturated rings. The molecule has 1 aromatic heterocycles. The van der Waals surface area contributed by atoms with Crippen LogP contribution in [-0.2, 0) is 10.0 Å². The molecule has 3 rings (SSSR count). The van der Waals surface area contributed by atoms with E-state index in [1.807, 2.05) is 0 Å². The van der Waals surface area contributed by atoms with E-state index in [0.717, 1.165) is 25.1 Å². The highest BCUT2D eigenvalue weighted by atomic mass is 32.2. The first-order valence-corrected chi connectivity index (χ1v) is 8.02. The van der Waals surface area contributed by atoms with E-state index in [2.05, 4.69) is 10.1 Å². The SMILES string of the molecule is CCS(=O)(=O)N1CCC(c2nc(C3CC3)no2)C1. The molecule has 6 nitrogen and oxygen atoms in total. The van der Waals surface area contributed by atoms with E-state index < -0.39 is 10.0 Å². The van der Waals surface area contributed by atoms with Crippen molar-refractivity contribution in [3.8, 4) is 0 Å². The summed E-state index contributed by atoms with van der Waals surface area (Å²) in [5.41, 5.74) is 0. The lowest BCUT2D eigenvalue weighted by Gasteiger charge is -2.13. The van der Waals surface area contributed by atoms with Crippen molar-refractivity contribution in [3.05, 3.63) is 11.7 Å². The zero-order valence-electron chi connectivity index (χ0n) is 10.4. The Morgan fingerprint density at radius 2 is 2.11 bits per heavy atom. The second-order valence-electron chi connectivity index (χ2n) is 5.01. The Labute approximate surface area is 106 Å². The molecule has 0 aromatic carbocycles. The van der Waals surface area contributed by atoms with Crippen molar-refractivity contribution in [2.24, 2.45) is 0 Å². The van der Waals surface area contributed by atoms with E-state index in [0.29, 0.717) is 24.9 Å². The summed E-state index contributed by atoms with van der Waals surface area (Å²) in [6.45, 7) is 2.70. The van der Waals surface area contributed by atoms with E-state index in [1.165, 1.54) is 4.31 Å². The van der Waals surface area contributed by atoms with E-state index in [1.54, 1.807) is 6.92 Å². The average Bonchev–Trinajstić information content (AvgIpc) is 2.92. The van der Waals surface area contributed by atoms with Gasteiger partial charge in [0.1, 0.15) is 0 Å². The first-order chi connectivity index (χ1) is 8.60. The number of rotatable bonds is 4. The molecule has 1 aliphatic heterocycles. The smallest absolute Gasteiger partial charge is 0.231 e. The maximum atomic E-state index is 11.8. The Morgan fingerprint density at radius 3 is 2.78 bits per heavy atom. The van der Waals surface area contributed by atoms with Crippen LogP contribution in [0.4, 0.5) is 0 Å². The molecule has 100 valence electrons. The third-order valence-corrected chi connectivity index (χ3v) is 5.51. The second kappa shape index (κ2) is 4.31. The third-order valence-electron chi connectivity index (χ3n) is 3.66. The van der Waals surface area contributed by atoms with Crippen LogP contribution in [0, 0.1) is 0 Å². The molecule has 1 aromatic rings. The molecular formula is C11H17N3O3S. The van der Waals surface area contributed by atoms with Gasteiger partial charge < -0.3 is 4.52 Å². The van der Waals surface area contributed by atoms with Crippen LogP contribution in [-0.4, -0.2) is 41.7 Å². The number of hydrogen-bond donors (Lipinski definition) is 0. The van der Waals surface area contributed by atoms with Crippen molar-refractivity contribution >= 4 is 10.0 Å². The molecule has 1 aliphatic carbocycles. The Hall–Kier alpha value is -0.950. The van der Waals surface area contributed by atoms with Gasteiger partial charge in [-0.3, -0.25) is 0 Å². The first-order valence-electron chi connectivity index (χ1n) is 6.41.